The molecule has 0 aliphatic heterocycles. The van der Waals surface area contributed by atoms with E-state index < -0.39 is 5.97 Å². The highest BCUT2D eigenvalue weighted by atomic mass is 16.5. The lowest BCUT2D eigenvalue weighted by Gasteiger charge is -2.09. The molecule has 0 aromatic heterocycles. The van der Waals surface area contributed by atoms with Gasteiger partial charge in [0.2, 0.25) is 0 Å². The largest absolute Gasteiger partial charge is 0.481 e. The predicted molar refractivity (Wildman–Crippen MR) is 47.3 cm³/mol. The molecule has 0 aromatic carbocycles. The van der Waals surface area contributed by atoms with Crippen LogP contribution in [0.5, 0.6) is 0 Å². The molecule has 1 atom stereocenters. The monoisotopic (exact) mass is 188 g/mol. The van der Waals surface area contributed by atoms with Gasteiger partial charge in [0.05, 0.1) is 6.10 Å². The van der Waals surface area contributed by atoms with Gasteiger partial charge < -0.3 is 9.84 Å². The van der Waals surface area contributed by atoms with Gasteiger partial charge in [0.25, 0.3) is 0 Å². The van der Waals surface area contributed by atoms with E-state index in [9.17, 15) is 9.59 Å². The van der Waals surface area contributed by atoms with Gasteiger partial charge >= 0.3 is 11.9 Å². The fraction of sp³-hybridized carbons (Fsp3) is 0.778. The normalized spacial score (nSPS) is 12.2. The Bertz CT molecular complexity index is 176. The summed E-state index contributed by atoms with van der Waals surface area (Å²) in [7, 11) is 0. The molecule has 0 saturated heterocycles. The minimum Gasteiger partial charge on any atom is -0.481 e. The van der Waals surface area contributed by atoms with Gasteiger partial charge in [0.15, 0.2) is 0 Å². The van der Waals surface area contributed by atoms with E-state index >= 15 is 0 Å². The molecule has 0 spiro atoms. The van der Waals surface area contributed by atoms with Crippen molar-refractivity contribution in [3.05, 3.63) is 0 Å². The first-order valence-corrected chi connectivity index (χ1v) is 4.47. The fourth-order valence-corrected chi connectivity index (χ4v) is 0.751. The van der Waals surface area contributed by atoms with E-state index in [1.807, 2.05) is 13.8 Å². The third-order valence-electron chi connectivity index (χ3n) is 1.68. The molecule has 0 saturated carbocycles. The lowest BCUT2D eigenvalue weighted by molar-refractivity contribution is -0.148. The van der Waals surface area contributed by atoms with Gasteiger partial charge in [-0.2, -0.15) is 0 Å². The van der Waals surface area contributed by atoms with Crippen LogP contribution in [-0.4, -0.2) is 23.1 Å². The Hall–Kier alpha value is -1.06. The van der Waals surface area contributed by atoms with Crippen molar-refractivity contribution in [2.75, 3.05) is 0 Å². The van der Waals surface area contributed by atoms with Crippen LogP contribution < -0.4 is 0 Å². The molecular formula is C9H16O4. The van der Waals surface area contributed by atoms with E-state index in [-0.39, 0.29) is 24.9 Å². The Labute approximate surface area is 77.9 Å². The van der Waals surface area contributed by atoms with Gasteiger partial charge in [-0.15, -0.1) is 0 Å². The number of carbonyl (C=O) groups excluding carboxylic acids is 1. The maximum Gasteiger partial charge on any atom is 0.306 e. The standard InChI is InChI=1S/C9H16O4/c1-3-7(2)13-9(12)6-4-5-8(10)11/h7H,3-6H2,1-2H3,(H,10,11). The number of carboxylic acid groups (broad SMARTS) is 1. The van der Waals surface area contributed by atoms with E-state index in [0.717, 1.165) is 6.42 Å². The Morgan fingerprint density at radius 3 is 2.46 bits per heavy atom. The molecule has 1 N–H and O–H groups in total. The van der Waals surface area contributed by atoms with Gasteiger partial charge in [-0.1, -0.05) is 6.92 Å². The minimum atomic E-state index is -0.878. The van der Waals surface area contributed by atoms with Gasteiger partial charge in [0, 0.05) is 12.8 Å². The van der Waals surface area contributed by atoms with Gasteiger partial charge in [-0.05, 0) is 19.8 Å². The number of carbonyl (C=O) groups is 2. The third-order valence-corrected chi connectivity index (χ3v) is 1.68. The summed E-state index contributed by atoms with van der Waals surface area (Å²) in [5.74, 6) is -1.19. The van der Waals surface area contributed by atoms with Crippen molar-refractivity contribution in [1.82, 2.24) is 0 Å². The highest BCUT2D eigenvalue weighted by Crippen LogP contribution is 2.02. The van der Waals surface area contributed by atoms with Crippen LogP contribution in [0, 0.1) is 0 Å². The molecule has 13 heavy (non-hydrogen) atoms. The van der Waals surface area contributed by atoms with Gasteiger partial charge in [0.1, 0.15) is 0 Å². The fourth-order valence-electron chi connectivity index (χ4n) is 0.751. The maximum atomic E-state index is 11.0. The van der Waals surface area contributed by atoms with Gasteiger partial charge in [-0.25, -0.2) is 0 Å². The van der Waals surface area contributed by atoms with Crippen molar-refractivity contribution >= 4 is 11.9 Å². The summed E-state index contributed by atoms with van der Waals surface area (Å²) >= 11 is 0. The molecule has 0 aromatic rings. The van der Waals surface area contributed by atoms with Crippen LogP contribution in [-0.2, 0) is 14.3 Å². The lowest BCUT2D eigenvalue weighted by Crippen LogP contribution is -2.13. The first-order chi connectivity index (χ1) is 6.06. The first-order valence-electron chi connectivity index (χ1n) is 4.47. The molecule has 0 bridgehead atoms. The smallest absolute Gasteiger partial charge is 0.306 e. The van der Waals surface area contributed by atoms with Crippen molar-refractivity contribution in [2.24, 2.45) is 0 Å². The first kappa shape index (κ1) is 11.9. The number of hydrogen-bond acceptors (Lipinski definition) is 3. The van der Waals surface area contributed by atoms with Crippen molar-refractivity contribution in [1.29, 1.82) is 0 Å². The second-order valence-electron chi connectivity index (χ2n) is 2.96. The Morgan fingerprint density at radius 2 is 2.00 bits per heavy atom. The molecule has 0 aliphatic carbocycles. The maximum absolute atomic E-state index is 11.0. The number of rotatable bonds is 6. The zero-order valence-corrected chi connectivity index (χ0v) is 8.08. The molecule has 0 rings (SSSR count). The molecular weight excluding hydrogens is 172 g/mol. The number of esters is 1. The zero-order chi connectivity index (χ0) is 10.3. The summed E-state index contributed by atoms with van der Waals surface area (Å²) < 4.78 is 4.95. The number of ether oxygens (including phenoxy) is 1. The molecule has 0 amide bonds. The highest BCUT2D eigenvalue weighted by molar-refractivity contribution is 5.71. The summed E-state index contributed by atoms with van der Waals surface area (Å²) in [6.45, 7) is 3.74. The average molecular weight is 188 g/mol. The number of hydrogen-bond donors (Lipinski definition) is 1. The Kier molecular flexibility index (Phi) is 5.93. The van der Waals surface area contributed by atoms with Crippen LogP contribution >= 0.6 is 0 Å². The van der Waals surface area contributed by atoms with Crippen LogP contribution in [0.15, 0.2) is 0 Å². The lowest BCUT2D eigenvalue weighted by atomic mass is 10.2. The Balaban J connectivity index is 3.46. The predicted octanol–water partition coefficient (Wildman–Crippen LogP) is 1.58. The molecule has 0 radical (unpaired) electrons. The van der Waals surface area contributed by atoms with Crippen LogP contribution in [0.1, 0.15) is 39.5 Å². The van der Waals surface area contributed by atoms with E-state index in [0.29, 0.717) is 6.42 Å². The highest BCUT2D eigenvalue weighted by Gasteiger charge is 2.08. The van der Waals surface area contributed by atoms with Crippen molar-refractivity contribution < 1.29 is 19.4 Å². The summed E-state index contributed by atoms with van der Waals surface area (Å²) in [5.41, 5.74) is 0. The van der Waals surface area contributed by atoms with Crippen molar-refractivity contribution in [3.63, 3.8) is 0 Å². The van der Waals surface area contributed by atoms with Crippen LogP contribution in [0.2, 0.25) is 0 Å². The molecule has 4 nitrogen and oxygen atoms in total. The van der Waals surface area contributed by atoms with E-state index in [1.165, 1.54) is 0 Å². The van der Waals surface area contributed by atoms with E-state index in [2.05, 4.69) is 0 Å². The molecule has 0 fully saturated rings. The zero-order valence-electron chi connectivity index (χ0n) is 8.08. The Morgan fingerprint density at radius 1 is 1.38 bits per heavy atom. The van der Waals surface area contributed by atoms with Crippen molar-refractivity contribution in [3.8, 4) is 0 Å². The SMILES string of the molecule is CCC(C)OC(=O)CCCC(=O)O. The third kappa shape index (κ3) is 7.31. The number of aliphatic carboxylic acids is 1. The second-order valence-corrected chi connectivity index (χ2v) is 2.96. The van der Waals surface area contributed by atoms with Gasteiger partial charge in [-0.3, -0.25) is 9.59 Å². The minimum absolute atomic E-state index is 0.0234. The summed E-state index contributed by atoms with van der Waals surface area (Å²) in [5, 5.41) is 8.30. The average Bonchev–Trinajstić information content (AvgIpc) is 2.03. The molecule has 0 aliphatic rings. The quantitative estimate of drug-likeness (QED) is 0.643. The number of carboxylic acids is 1. The van der Waals surface area contributed by atoms with E-state index in [1.54, 1.807) is 0 Å². The summed E-state index contributed by atoms with van der Waals surface area (Å²) in [6, 6.07) is 0. The molecule has 1 unspecified atom stereocenters. The summed E-state index contributed by atoms with van der Waals surface area (Å²) in [6.07, 6.45) is 1.28. The molecule has 4 heteroatoms. The van der Waals surface area contributed by atoms with E-state index in [4.69, 9.17) is 9.84 Å². The molecule has 0 heterocycles. The van der Waals surface area contributed by atoms with Crippen LogP contribution in [0.4, 0.5) is 0 Å². The summed E-state index contributed by atoms with van der Waals surface area (Å²) in [4.78, 5) is 21.1. The van der Waals surface area contributed by atoms with Crippen molar-refractivity contribution in [2.45, 2.75) is 45.6 Å². The molecule has 76 valence electrons. The van der Waals surface area contributed by atoms with Crippen LogP contribution in [0.25, 0.3) is 0 Å². The van der Waals surface area contributed by atoms with Crippen LogP contribution in [0.3, 0.4) is 0 Å². The topological polar surface area (TPSA) is 63.6 Å². The second kappa shape index (κ2) is 6.46.